The SMILES string of the molecule is O=C(CSc1ncnc2c1cnn2-c1ccccc1)Nc1ccccc1Cl. The van der Waals surface area contributed by atoms with Gasteiger partial charge in [-0.2, -0.15) is 5.10 Å². The van der Waals surface area contributed by atoms with E-state index in [2.05, 4.69) is 20.4 Å². The van der Waals surface area contributed by atoms with Crippen LogP contribution in [-0.2, 0) is 4.79 Å². The Bertz CT molecular complexity index is 1100. The molecule has 0 saturated carbocycles. The van der Waals surface area contributed by atoms with Gasteiger partial charge in [-0.3, -0.25) is 4.79 Å². The van der Waals surface area contributed by atoms with Crippen molar-refractivity contribution in [2.75, 3.05) is 11.1 Å². The lowest BCUT2D eigenvalue weighted by molar-refractivity contribution is -0.113. The number of carbonyl (C=O) groups excluding carboxylic acids is 1. The van der Waals surface area contributed by atoms with E-state index < -0.39 is 0 Å². The molecule has 0 radical (unpaired) electrons. The van der Waals surface area contributed by atoms with Crippen LogP contribution in [0.25, 0.3) is 16.7 Å². The molecule has 134 valence electrons. The monoisotopic (exact) mass is 395 g/mol. The molecule has 0 spiro atoms. The standard InChI is InChI=1S/C19H14ClN5OS/c20-15-8-4-5-9-16(15)24-17(26)11-27-19-14-10-23-25(18(14)21-12-22-19)13-6-2-1-3-7-13/h1-10,12H,11H2,(H,24,26). The second-order valence-corrected chi connectivity index (χ2v) is 7.00. The summed E-state index contributed by atoms with van der Waals surface area (Å²) < 4.78 is 1.75. The number of carbonyl (C=O) groups is 1. The number of anilines is 1. The van der Waals surface area contributed by atoms with E-state index in [0.29, 0.717) is 21.4 Å². The van der Waals surface area contributed by atoms with Gasteiger partial charge in [0.05, 0.1) is 33.7 Å². The average Bonchev–Trinajstić information content (AvgIpc) is 3.13. The molecule has 0 aliphatic heterocycles. The summed E-state index contributed by atoms with van der Waals surface area (Å²) in [5.41, 5.74) is 2.21. The fraction of sp³-hybridized carbons (Fsp3) is 0.0526. The smallest absolute Gasteiger partial charge is 0.234 e. The van der Waals surface area contributed by atoms with Gasteiger partial charge in [0.25, 0.3) is 0 Å². The third-order valence-corrected chi connectivity index (χ3v) is 5.15. The highest BCUT2D eigenvalue weighted by Gasteiger charge is 2.13. The van der Waals surface area contributed by atoms with Crippen LogP contribution in [0.15, 0.2) is 72.1 Å². The molecule has 6 nitrogen and oxygen atoms in total. The van der Waals surface area contributed by atoms with Crippen molar-refractivity contribution < 1.29 is 4.79 Å². The minimum absolute atomic E-state index is 0.157. The number of para-hydroxylation sites is 2. The first-order chi connectivity index (χ1) is 13.2. The lowest BCUT2D eigenvalue weighted by Gasteiger charge is -2.07. The van der Waals surface area contributed by atoms with Crippen LogP contribution in [0.2, 0.25) is 5.02 Å². The Morgan fingerprint density at radius 1 is 1.07 bits per heavy atom. The molecule has 0 saturated heterocycles. The van der Waals surface area contributed by atoms with Gasteiger partial charge in [0, 0.05) is 0 Å². The van der Waals surface area contributed by atoms with E-state index in [9.17, 15) is 4.79 Å². The summed E-state index contributed by atoms with van der Waals surface area (Å²) >= 11 is 7.40. The van der Waals surface area contributed by atoms with Crippen molar-refractivity contribution >= 4 is 46.0 Å². The number of amides is 1. The maximum absolute atomic E-state index is 12.2. The quantitative estimate of drug-likeness (QED) is 0.405. The first kappa shape index (κ1) is 17.5. The number of halogens is 1. The molecule has 2 aromatic carbocycles. The second kappa shape index (κ2) is 7.77. The highest BCUT2D eigenvalue weighted by Crippen LogP contribution is 2.26. The third kappa shape index (κ3) is 3.79. The van der Waals surface area contributed by atoms with Gasteiger partial charge in [-0.05, 0) is 24.3 Å². The lowest BCUT2D eigenvalue weighted by atomic mass is 10.3. The maximum Gasteiger partial charge on any atom is 0.234 e. The van der Waals surface area contributed by atoms with Gasteiger partial charge in [0.15, 0.2) is 5.65 Å². The predicted molar refractivity (Wildman–Crippen MR) is 107 cm³/mol. The van der Waals surface area contributed by atoms with E-state index in [0.717, 1.165) is 11.1 Å². The Morgan fingerprint density at radius 3 is 2.67 bits per heavy atom. The Hall–Kier alpha value is -2.90. The lowest BCUT2D eigenvalue weighted by Crippen LogP contribution is -2.14. The van der Waals surface area contributed by atoms with Crippen LogP contribution in [0, 0.1) is 0 Å². The number of rotatable bonds is 5. The number of hydrogen-bond donors (Lipinski definition) is 1. The van der Waals surface area contributed by atoms with Crippen LogP contribution in [0.1, 0.15) is 0 Å². The molecule has 2 aromatic heterocycles. The first-order valence-electron chi connectivity index (χ1n) is 8.14. The zero-order valence-corrected chi connectivity index (χ0v) is 15.6. The molecule has 0 fully saturated rings. The summed E-state index contributed by atoms with van der Waals surface area (Å²) in [6.45, 7) is 0. The first-order valence-corrected chi connectivity index (χ1v) is 9.50. The predicted octanol–water partition coefficient (Wildman–Crippen LogP) is 4.20. The highest BCUT2D eigenvalue weighted by molar-refractivity contribution is 8.00. The topological polar surface area (TPSA) is 72.7 Å². The van der Waals surface area contributed by atoms with Crippen LogP contribution in [0.4, 0.5) is 5.69 Å². The number of thioether (sulfide) groups is 1. The molecule has 2 heterocycles. The van der Waals surface area contributed by atoms with Gasteiger partial charge >= 0.3 is 0 Å². The zero-order chi connectivity index (χ0) is 18.6. The second-order valence-electron chi connectivity index (χ2n) is 5.62. The van der Waals surface area contributed by atoms with Crippen LogP contribution in [-0.4, -0.2) is 31.4 Å². The Labute approximate surface area is 164 Å². The Balaban J connectivity index is 1.52. The maximum atomic E-state index is 12.2. The van der Waals surface area contributed by atoms with Crippen LogP contribution >= 0.6 is 23.4 Å². The largest absolute Gasteiger partial charge is 0.324 e. The fourth-order valence-corrected chi connectivity index (χ4v) is 3.52. The Morgan fingerprint density at radius 2 is 1.85 bits per heavy atom. The molecule has 0 aliphatic carbocycles. The van der Waals surface area contributed by atoms with Gasteiger partial charge < -0.3 is 5.32 Å². The van der Waals surface area contributed by atoms with Crippen molar-refractivity contribution in [3.8, 4) is 5.69 Å². The van der Waals surface area contributed by atoms with E-state index in [1.807, 2.05) is 42.5 Å². The minimum atomic E-state index is -0.157. The molecule has 0 aliphatic rings. The van der Waals surface area contributed by atoms with E-state index in [-0.39, 0.29) is 11.7 Å². The van der Waals surface area contributed by atoms with E-state index in [4.69, 9.17) is 11.6 Å². The number of nitrogens with zero attached hydrogens (tertiary/aromatic N) is 4. The van der Waals surface area contributed by atoms with Gasteiger partial charge in [-0.15, -0.1) is 0 Å². The van der Waals surface area contributed by atoms with Gasteiger partial charge in [0.2, 0.25) is 5.91 Å². The zero-order valence-electron chi connectivity index (χ0n) is 14.0. The number of nitrogens with one attached hydrogen (secondary N) is 1. The summed E-state index contributed by atoms with van der Waals surface area (Å²) in [7, 11) is 0. The number of fused-ring (bicyclic) bond motifs is 1. The highest BCUT2D eigenvalue weighted by atomic mass is 35.5. The molecule has 8 heteroatoms. The summed E-state index contributed by atoms with van der Waals surface area (Å²) in [4.78, 5) is 20.9. The average molecular weight is 396 g/mol. The van der Waals surface area contributed by atoms with Crippen molar-refractivity contribution in [2.24, 2.45) is 0 Å². The van der Waals surface area contributed by atoms with Crippen LogP contribution < -0.4 is 5.32 Å². The fourth-order valence-electron chi connectivity index (χ4n) is 2.58. The molecular formula is C19H14ClN5OS. The van der Waals surface area contributed by atoms with Crippen molar-refractivity contribution in [1.82, 2.24) is 19.7 Å². The minimum Gasteiger partial charge on any atom is -0.324 e. The number of hydrogen-bond acceptors (Lipinski definition) is 5. The normalized spacial score (nSPS) is 10.9. The number of benzene rings is 2. The van der Waals surface area contributed by atoms with E-state index in [1.165, 1.54) is 18.1 Å². The van der Waals surface area contributed by atoms with Crippen molar-refractivity contribution in [3.05, 3.63) is 72.1 Å². The molecule has 0 bridgehead atoms. The van der Waals surface area contributed by atoms with Crippen LogP contribution in [0.3, 0.4) is 0 Å². The molecule has 1 N–H and O–H groups in total. The van der Waals surface area contributed by atoms with Crippen molar-refractivity contribution in [2.45, 2.75) is 5.03 Å². The molecule has 1 amide bonds. The Kier molecular flexibility index (Phi) is 5.04. The number of aromatic nitrogens is 4. The summed E-state index contributed by atoms with van der Waals surface area (Å²) in [5.74, 6) is 0.0451. The molecular weight excluding hydrogens is 382 g/mol. The molecule has 0 atom stereocenters. The molecule has 0 unspecified atom stereocenters. The van der Waals surface area contributed by atoms with Crippen molar-refractivity contribution in [3.63, 3.8) is 0 Å². The summed E-state index contributed by atoms with van der Waals surface area (Å²) in [5, 5.41) is 9.23. The van der Waals surface area contributed by atoms with Crippen molar-refractivity contribution in [1.29, 1.82) is 0 Å². The molecule has 27 heavy (non-hydrogen) atoms. The van der Waals surface area contributed by atoms with Crippen LogP contribution in [0.5, 0.6) is 0 Å². The molecule has 4 rings (SSSR count). The van der Waals surface area contributed by atoms with Gasteiger partial charge in [0.1, 0.15) is 11.4 Å². The van der Waals surface area contributed by atoms with E-state index >= 15 is 0 Å². The summed E-state index contributed by atoms with van der Waals surface area (Å²) in [6.07, 6.45) is 3.20. The third-order valence-electron chi connectivity index (χ3n) is 3.82. The van der Waals surface area contributed by atoms with Gasteiger partial charge in [-0.25, -0.2) is 14.6 Å². The molecule has 4 aromatic rings. The summed E-state index contributed by atoms with van der Waals surface area (Å²) in [6, 6.07) is 16.9. The van der Waals surface area contributed by atoms with E-state index in [1.54, 1.807) is 23.0 Å². The van der Waals surface area contributed by atoms with Gasteiger partial charge in [-0.1, -0.05) is 53.7 Å².